The number of halogens is 1. The van der Waals surface area contributed by atoms with E-state index in [4.69, 9.17) is 4.74 Å². The topological polar surface area (TPSA) is 60.4 Å². The van der Waals surface area contributed by atoms with Gasteiger partial charge in [-0.2, -0.15) is 0 Å². The van der Waals surface area contributed by atoms with Crippen LogP contribution in [0.5, 0.6) is 0 Å². The van der Waals surface area contributed by atoms with E-state index in [1.54, 1.807) is 0 Å². The number of carbonyl (C=O) groups excluding carboxylic acids is 3. The quantitative estimate of drug-likeness (QED) is 0.187. The molecule has 4 aliphatic carbocycles. The van der Waals surface area contributed by atoms with E-state index < -0.39 is 0 Å². The molecule has 4 aliphatic rings. The molecule has 0 aromatic carbocycles. The highest BCUT2D eigenvalue weighted by Gasteiger charge is 2.63. The van der Waals surface area contributed by atoms with Crippen molar-refractivity contribution >= 4 is 40.1 Å². The normalized spacial score (nSPS) is 43.3. The van der Waals surface area contributed by atoms with E-state index in [0.717, 1.165) is 36.5 Å². The third kappa shape index (κ3) is 4.65. The van der Waals surface area contributed by atoms with Crippen LogP contribution in [0.1, 0.15) is 98.8 Å². The van der Waals surface area contributed by atoms with Crippen LogP contribution in [-0.4, -0.2) is 28.1 Å². The first-order valence-corrected chi connectivity index (χ1v) is 15.3. The van der Waals surface area contributed by atoms with Crippen LogP contribution >= 0.6 is 22.6 Å². The van der Waals surface area contributed by atoms with Gasteiger partial charge in [-0.25, -0.2) is 0 Å². The Morgan fingerprint density at radius 3 is 2.44 bits per heavy atom. The molecular weight excluding hydrogens is 539 g/mol. The predicted molar refractivity (Wildman–Crippen MR) is 143 cm³/mol. The minimum atomic E-state index is -0.154. The van der Waals surface area contributed by atoms with Crippen LogP contribution in [0.25, 0.3) is 0 Å². The van der Waals surface area contributed by atoms with Crippen molar-refractivity contribution in [2.45, 2.75) is 105 Å². The van der Waals surface area contributed by atoms with E-state index in [2.05, 4.69) is 43.4 Å². The molecule has 34 heavy (non-hydrogen) atoms. The van der Waals surface area contributed by atoms with Crippen molar-refractivity contribution in [2.24, 2.45) is 52.3 Å². The minimum absolute atomic E-state index is 0.0274. The maximum absolute atomic E-state index is 13.5. The molecule has 0 aromatic heterocycles. The second kappa shape index (κ2) is 10.1. The van der Waals surface area contributed by atoms with Crippen LogP contribution in [0.3, 0.4) is 0 Å². The molecule has 4 saturated carbocycles. The van der Waals surface area contributed by atoms with Gasteiger partial charge in [-0.15, -0.1) is 0 Å². The molecule has 0 heterocycles. The summed E-state index contributed by atoms with van der Waals surface area (Å²) in [6, 6.07) is 0. The number of carbonyl (C=O) groups is 3. The summed E-state index contributed by atoms with van der Waals surface area (Å²) in [5.74, 6) is 3.13. The Kier molecular flexibility index (Phi) is 7.92. The Hall–Kier alpha value is -0.460. The van der Waals surface area contributed by atoms with E-state index in [1.807, 2.05) is 6.92 Å². The molecule has 10 atom stereocenters. The Morgan fingerprint density at radius 1 is 1.06 bits per heavy atom. The van der Waals surface area contributed by atoms with Gasteiger partial charge in [0.15, 0.2) is 0 Å². The minimum Gasteiger partial charge on any atom is -0.463 e. The van der Waals surface area contributed by atoms with Crippen molar-refractivity contribution in [3.63, 3.8) is 0 Å². The van der Waals surface area contributed by atoms with Crippen molar-refractivity contribution < 1.29 is 19.1 Å². The van der Waals surface area contributed by atoms with E-state index in [-0.39, 0.29) is 29.3 Å². The predicted octanol–water partition coefficient (Wildman–Crippen LogP) is 6.81. The third-order valence-electron chi connectivity index (χ3n) is 11.0. The average Bonchev–Trinajstić information content (AvgIpc) is 3.06. The van der Waals surface area contributed by atoms with Gasteiger partial charge in [0, 0.05) is 36.0 Å². The number of hydrogen-bond acceptors (Lipinski definition) is 4. The summed E-state index contributed by atoms with van der Waals surface area (Å²) in [6.45, 7) is 10.6. The molecule has 0 amide bonds. The number of ether oxygens (including phenoxy) is 1. The van der Waals surface area contributed by atoms with Crippen LogP contribution in [0.15, 0.2) is 0 Å². The maximum Gasteiger partial charge on any atom is 0.302 e. The SMILES string of the molecule is CC(=O)O[C@H]1CC[C@@]2(C)[C@@H](CC[C@@H]3[C@@H]2CC[C@]2(C)[C@@H]([C@H](C)C(=O)CC[C@@H](C)CI)C(=O)C[C@@H]32)C1. The van der Waals surface area contributed by atoms with Crippen LogP contribution < -0.4 is 0 Å². The second-order valence-corrected chi connectivity index (χ2v) is 13.8. The first-order valence-electron chi connectivity index (χ1n) is 13.8. The van der Waals surface area contributed by atoms with Crippen molar-refractivity contribution in [1.29, 1.82) is 0 Å². The molecule has 0 N–H and O–H groups in total. The van der Waals surface area contributed by atoms with Crippen LogP contribution in [-0.2, 0) is 19.1 Å². The lowest BCUT2D eigenvalue weighted by Gasteiger charge is -2.61. The first kappa shape index (κ1) is 26.6. The van der Waals surface area contributed by atoms with Crippen molar-refractivity contribution in [3.05, 3.63) is 0 Å². The lowest BCUT2D eigenvalue weighted by atomic mass is 9.44. The van der Waals surface area contributed by atoms with Gasteiger partial charge in [0.2, 0.25) is 0 Å². The number of esters is 1. The molecule has 4 nitrogen and oxygen atoms in total. The number of hydrogen-bond donors (Lipinski definition) is 0. The number of rotatable bonds is 7. The molecule has 0 spiro atoms. The molecule has 4 fully saturated rings. The molecule has 5 heteroatoms. The van der Waals surface area contributed by atoms with E-state index >= 15 is 0 Å². The van der Waals surface area contributed by atoms with Gasteiger partial charge in [0.05, 0.1) is 0 Å². The summed E-state index contributed by atoms with van der Waals surface area (Å²) in [5, 5.41) is 0. The standard InChI is InChI=1S/C29H45IO4/c1-17(16-30)6-9-25(32)18(2)27-26(33)15-24-22-8-7-20-14-21(34-19(3)31)10-12-28(20,4)23(22)11-13-29(24,27)5/h17-18,20-24,27H,6-16H2,1-5H3/t17-,18-,20+,21+,22-,23+,24+,27+,28+,29+/m1/s1. The van der Waals surface area contributed by atoms with Crippen molar-refractivity contribution in [3.8, 4) is 0 Å². The largest absolute Gasteiger partial charge is 0.463 e. The molecular formula is C29H45IO4. The fourth-order valence-corrected chi connectivity index (χ4v) is 9.56. The molecule has 192 valence electrons. The van der Waals surface area contributed by atoms with Gasteiger partial charge in [0.1, 0.15) is 17.7 Å². The molecule has 0 saturated heterocycles. The van der Waals surface area contributed by atoms with Gasteiger partial charge in [-0.1, -0.05) is 50.3 Å². The summed E-state index contributed by atoms with van der Waals surface area (Å²) < 4.78 is 6.68. The summed E-state index contributed by atoms with van der Waals surface area (Å²) in [7, 11) is 0. The van der Waals surface area contributed by atoms with Gasteiger partial charge in [-0.05, 0) is 91.8 Å². The lowest BCUT2D eigenvalue weighted by molar-refractivity contribution is -0.160. The van der Waals surface area contributed by atoms with Gasteiger partial charge in [0.25, 0.3) is 0 Å². The summed E-state index contributed by atoms with van der Waals surface area (Å²) in [5.41, 5.74) is 0.263. The highest BCUT2D eigenvalue weighted by atomic mass is 127. The number of alkyl halides is 1. The van der Waals surface area contributed by atoms with E-state index in [9.17, 15) is 14.4 Å². The fraction of sp³-hybridized carbons (Fsp3) is 0.897. The Morgan fingerprint density at radius 2 is 1.76 bits per heavy atom. The van der Waals surface area contributed by atoms with Gasteiger partial charge in [-0.3, -0.25) is 14.4 Å². The average molecular weight is 585 g/mol. The lowest BCUT2D eigenvalue weighted by Crippen LogP contribution is -2.54. The molecule has 0 bridgehead atoms. The van der Waals surface area contributed by atoms with E-state index in [1.165, 1.54) is 26.2 Å². The molecule has 0 radical (unpaired) electrons. The van der Waals surface area contributed by atoms with Crippen LogP contribution in [0.4, 0.5) is 0 Å². The summed E-state index contributed by atoms with van der Waals surface area (Å²) >= 11 is 2.40. The zero-order valence-electron chi connectivity index (χ0n) is 21.9. The Balaban J connectivity index is 1.48. The number of Topliss-reactive ketones (excluding diaryl/α,β-unsaturated/α-hetero) is 2. The highest BCUT2D eigenvalue weighted by Crippen LogP contribution is 2.67. The molecule has 0 aromatic rings. The molecule has 0 unspecified atom stereocenters. The maximum atomic E-state index is 13.5. The first-order chi connectivity index (χ1) is 16.0. The number of fused-ring (bicyclic) bond motifs is 5. The van der Waals surface area contributed by atoms with Gasteiger partial charge >= 0.3 is 5.97 Å². The smallest absolute Gasteiger partial charge is 0.302 e. The Labute approximate surface area is 220 Å². The van der Waals surface area contributed by atoms with Crippen molar-refractivity contribution in [2.75, 3.05) is 4.43 Å². The highest BCUT2D eigenvalue weighted by molar-refractivity contribution is 14.1. The van der Waals surface area contributed by atoms with Crippen LogP contribution in [0.2, 0.25) is 0 Å². The zero-order valence-corrected chi connectivity index (χ0v) is 24.1. The zero-order chi connectivity index (χ0) is 24.8. The molecule has 0 aliphatic heterocycles. The monoisotopic (exact) mass is 584 g/mol. The fourth-order valence-electron chi connectivity index (χ4n) is 9.12. The second-order valence-electron chi connectivity index (χ2n) is 12.9. The van der Waals surface area contributed by atoms with Crippen LogP contribution in [0, 0.1) is 52.3 Å². The molecule has 4 rings (SSSR count). The van der Waals surface area contributed by atoms with Gasteiger partial charge < -0.3 is 4.74 Å². The Bertz CT molecular complexity index is 810. The van der Waals surface area contributed by atoms with E-state index in [0.29, 0.717) is 59.4 Å². The van der Waals surface area contributed by atoms with Crippen molar-refractivity contribution in [1.82, 2.24) is 0 Å². The summed E-state index contributed by atoms with van der Waals surface area (Å²) in [6.07, 6.45) is 10.0. The number of ketones is 2. The summed E-state index contributed by atoms with van der Waals surface area (Å²) in [4.78, 5) is 38.1. The third-order valence-corrected chi connectivity index (χ3v) is 12.5.